The van der Waals surface area contributed by atoms with Gasteiger partial charge in [-0.15, -0.1) is 0 Å². The minimum absolute atomic E-state index is 0.183. The molecule has 1 aliphatic heterocycles. The highest BCUT2D eigenvalue weighted by molar-refractivity contribution is 5.76. The van der Waals surface area contributed by atoms with Crippen LogP contribution in [0, 0.1) is 5.92 Å². The van der Waals surface area contributed by atoms with Gasteiger partial charge in [0, 0.05) is 6.54 Å². The minimum atomic E-state index is -0.331. The topological polar surface area (TPSA) is 55.8 Å². The second kappa shape index (κ2) is 8.67. The van der Waals surface area contributed by atoms with Gasteiger partial charge in [-0.2, -0.15) is 0 Å². The van der Waals surface area contributed by atoms with Crippen molar-refractivity contribution in [3.63, 3.8) is 0 Å². The molecule has 23 heavy (non-hydrogen) atoms. The highest BCUT2D eigenvalue weighted by Crippen LogP contribution is 2.20. The quantitative estimate of drug-likeness (QED) is 0.780. The Morgan fingerprint density at radius 1 is 1.26 bits per heavy atom. The van der Waals surface area contributed by atoms with Gasteiger partial charge in [0.25, 0.3) is 0 Å². The summed E-state index contributed by atoms with van der Waals surface area (Å²) >= 11 is 0. The van der Waals surface area contributed by atoms with Crippen LogP contribution in [0.25, 0.3) is 0 Å². The molecule has 0 N–H and O–H groups in total. The fourth-order valence-electron chi connectivity index (χ4n) is 2.88. The molecule has 0 aromatic heterocycles. The average molecular weight is 319 g/mol. The maximum absolute atomic E-state index is 12.4. The standard InChI is InChI=1S/C18H25NO4/c1-14(17(20)22-2)19-11-7-6-10-16(12-19)18(21)23-13-15-8-4-3-5-9-15/h3-5,8-9,14,16H,6-7,10-13H2,1-2H3. The van der Waals surface area contributed by atoms with Crippen LogP contribution in [-0.2, 0) is 25.7 Å². The Morgan fingerprint density at radius 3 is 2.70 bits per heavy atom. The largest absolute Gasteiger partial charge is 0.468 e. The maximum atomic E-state index is 12.4. The molecule has 1 aromatic carbocycles. The molecule has 1 aliphatic rings. The first-order chi connectivity index (χ1) is 11.1. The molecule has 1 heterocycles. The summed E-state index contributed by atoms with van der Waals surface area (Å²) in [6.07, 6.45) is 2.75. The van der Waals surface area contributed by atoms with Crippen molar-refractivity contribution >= 4 is 11.9 Å². The Labute approximate surface area is 137 Å². The molecular formula is C18H25NO4. The van der Waals surface area contributed by atoms with Crippen molar-refractivity contribution < 1.29 is 19.1 Å². The molecule has 1 aromatic rings. The minimum Gasteiger partial charge on any atom is -0.468 e. The lowest BCUT2D eigenvalue weighted by Gasteiger charge is -2.27. The van der Waals surface area contributed by atoms with Crippen LogP contribution in [0.3, 0.4) is 0 Å². The molecule has 2 rings (SSSR count). The zero-order chi connectivity index (χ0) is 16.7. The monoisotopic (exact) mass is 319 g/mol. The zero-order valence-electron chi connectivity index (χ0n) is 13.9. The number of methoxy groups -OCH3 is 1. The van der Waals surface area contributed by atoms with Crippen molar-refractivity contribution in [3.05, 3.63) is 35.9 Å². The summed E-state index contributed by atoms with van der Waals surface area (Å²) in [7, 11) is 1.39. The molecule has 1 fully saturated rings. The normalized spacial score (nSPS) is 20.3. The van der Waals surface area contributed by atoms with E-state index in [0.717, 1.165) is 31.4 Å². The Hall–Kier alpha value is -1.88. The molecule has 1 saturated heterocycles. The Balaban J connectivity index is 1.92. The van der Waals surface area contributed by atoms with Crippen LogP contribution in [0.1, 0.15) is 31.7 Å². The number of benzene rings is 1. The molecule has 0 spiro atoms. The fraction of sp³-hybridized carbons (Fsp3) is 0.556. The second-order valence-corrected chi connectivity index (χ2v) is 5.98. The van der Waals surface area contributed by atoms with Crippen molar-refractivity contribution in [2.75, 3.05) is 20.2 Å². The third-order valence-corrected chi connectivity index (χ3v) is 4.35. The van der Waals surface area contributed by atoms with Crippen LogP contribution in [0.2, 0.25) is 0 Å². The summed E-state index contributed by atoms with van der Waals surface area (Å²) in [5.41, 5.74) is 0.981. The van der Waals surface area contributed by atoms with Gasteiger partial charge in [-0.3, -0.25) is 14.5 Å². The summed E-state index contributed by atoms with van der Waals surface area (Å²) in [5.74, 6) is -0.630. The van der Waals surface area contributed by atoms with Crippen LogP contribution in [0.5, 0.6) is 0 Å². The SMILES string of the molecule is COC(=O)C(C)N1CCCCC(C(=O)OCc2ccccc2)C1. The van der Waals surface area contributed by atoms with Gasteiger partial charge >= 0.3 is 11.9 Å². The Kier molecular flexibility index (Phi) is 6.59. The van der Waals surface area contributed by atoms with Gasteiger partial charge in [-0.1, -0.05) is 36.8 Å². The first-order valence-corrected chi connectivity index (χ1v) is 8.14. The summed E-state index contributed by atoms with van der Waals surface area (Å²) < 4.78 is 10.3. The lowest BCUT2D eigenvalue weighted by molar-refractivity contribution is -0.153. The first kappa shape index (κ1) is 17.5. The predicted molar refractivity (Wildman–Crippen MR) is 86.6 cm³/mol. The number of carbonyl (C=O) groups excluding carboxylic acids is 2. The van der Waals surface area contributed by atoms with Crippen molar-refractivity contribution in [3.8, 4) is 0 Å². The molecular weight excluding hydrogens is 294 g/mol. The van der Waals surface area contributed by atoms with Gasteiger partial charge in [0.05, 0.1) is 13.0 Å². The molecule has 0 amide bonds. The maximum Gasteiger partial charge on any atom is 0.322 e. The fourth-order valence-corrected chi connectivity index (χ4v) is 2.88. The van der Waals surface area contributed by atoms with Gasteiger partial charge in [0.15, 0.2) is 0 Å². The van der Waals surface area contributed by atoms with E-state index in [0.29, 0.717) is 13.2 Å². The highest BCUT2D eigenvalue weighted by atomic mass is 16.5. The van der Waals surface area contributed by atoms with Crippen LogP contribution in [0.4, 0.5) is 0 Å². The number of rotatable bonds is 5. The van der Waals surface area contributed by atoms with Crippen molar-refractivity contribution in [2.24, 2.45) is 5.92 Å². The van der Waals surface area contributed by atoms with Crippen molar-refractivity contribution in [1.82, 2.24) is 4.90 Å². The zero-order valence-corrected chi connectivity index (χ0v) is 13.9. The van der Waals surface area contributed by atoms with E-state index in [1.807, 2.05) is 42.2 Å². The van der Waals surface area contributed by atoms with E-state index in [-0.39, 0.29) is 23.9 Å². The number of hydrogen-bond acceptors (Lipinski definition) is 5. The van der Waals surface area contributed by atoms with Crippen LogP contribution in [-0.4, -0.2) is 43.1 Å². The lowest BCUT2D eigenvalue weighted by atomic mass is 10.0. The smallest absolute Gasteiger partial charge is 0.322 e. The van der Waals surface area contributed by atoms with E-state index >= 15 is 0 Å². The molecule has 0 radical (unpaired) electrons. The van der Waals surface area contributed by atoms with Gasteiger partial charge in [0.2, 0.25) is 0 Å². The summed E-state index contributed by atoms with van der Waals surface area (Å²) in [6, 6.07) is 9.33. The predicted octanol–water partition coefficient (Wildman–Crippen LogP) is 2.39. The summed E-state index contributed by atoms with van der Waals surface area (Å²) in [4.78, 5) is 26.1. The van der Waals surface area contributed by atoms with Gasteiger partial charge in [0.1, 0.15) is 12.6 Å². The van der Waals surface area contributed by atoms with Crippen LogP contribution >= 0.6 is 0 Å². The van der Waals surface area contributed by atoms with E-state index in [1.54, 1.807) is 0 Å². The lowest BCUT2D eigenvalue weighted by Crippen LogP contribution is -2.43. The summed E-state index contributed by atoms with van der Waals surface area (Å²) in [5, 5.41) is 0. The van der Waals surface area contributed by atoms with Gasteiger partial charge in [-0.25, -0.2) is 0 Å². The van der Waals surface area contributed by atoms with Gasteiger partial charge in [-0.05, 0) is 31.9 Å². The highest BCUT2D eigenvalue weighted by Gasteiger charge is 2.30. The molecule has 5 nitrogen and oxygen atoms in total. The number of esters is 2. The second-order valence-electron chi connectivity index (χ2n) is 5.98. The molecule has 5 heteroatoms. The number of likely N-dealkylation sites (tertiary alicyclic amines) is 1. The Morgan fingerprint density at radius 2 is 2.00 bits per heavy atom. The number of nitrogens with zero attached hydrogens (tertiary/aromatic N) is 1. The van der Waals surface area contributed by atoms with Crippen molar-refractivity contribution in [1.29, 1.82) is 0 Å². The molecule has 0 aliphatic carbocycles. The van der Waals surface area contributed by atoms with Gasteiger partial charge < -0.3 is 9.47 Å². The number of carbonyl (C=O) groups is 2. The summed E-state index contributed by atoms with van der Waals surface area (Å²) in [6.45, 7) is 3.47. The van der Waals surface area contributed by atoms with E-state index in [2.05, 4.69) is 0 Å². The molecule has 2 atom stereocenters. The third-order valence-electron chi connectivity index (χ3n) is 4.35. The number of hydrogen-bond donors (Lipinski definition) is 0. The van der Waals surface area contributed by atoms with Crippen molar-refractivity contribution in [2.45, 2.75) is 38.8 Å². The molecule has 126 valence electrons. The van der Waals surface area contributed by atoms with Crippen LogP contribution in [0.15, 0.2) is 30.3 Å². The Bertz CT molecular complexity index is 517. The van der Waals surface area contributed by atoms with E-state index in [9.17, 15) is 9.59 Å². The van der Waals surface area contributed by atoms with E-state index in [1.165, 1.54) is 7.11 Å². The molecule has 0 bridgehead atoms. The van der Waals surface area contributed by atoms with E-state index < -0.39 is 0 Å². The first-order valence-electron chi connectivity index (χ1n) is 8.14. The molecule has 0 saturated carbocycles. The van der Waals surface area contributed by atoms with Crippen LogP contribution < -0.4 is 0 Å². The average Bonchev–Trinajstić information content (AvgIpc) is 2.85. The third kappa shape index (κ3) is 5.06. The number of ether oxygens (including phenoxy) is 2. The molecule has 2 unspecified atom stereocenters. The van der Waals surface area contributed by atoms with E-state index in [4.69, 9.17) is 9.47 Å².